The zero-order valence-electron chi connectivity index (χ0n) is 14.8. The Labute approximate surface area is 147 Å². The van der Waals surface area contributed by atoms with Crippen LogP contribution in [0, 0.1) is 0 Å². The minimum absolute atomic E-state index is 0.0456. The van der Waals surface area contributed by atoms with Crippen LogP contribution in [0.15, 0.2) is 11.4 Å². The lowest BCUT2D eigenvalue weighted by Crippen LogP contribution is -2.33. The number of aliphatic hydroxyl groups excluding tert-OH is 1. The van der Waals surface area contributed by atoms with Gasteiger partial charge in [0.05, 0.1) is 0 Å². The molecule has 3 heterocycles. The summed E-state index contributed by atoms with van der Waals surface area (Å²) < 4.78 is 1.95. The molecule has 2 aromatic rings. The molecule has 1 fully saturated rings. The number of likely N-dealkylation sites (tertiary alicyclic amines) is 1. The number of thiophene rings is 1. The number of rotatable bonds is 6. The van der Waals surface area contributed by atoms with Gasteiger partial charge in [-0.3, -0.25) is 4.90 Å². The molecule has 132 valence electrons. The molecule has 0 saturated carbocycles. The quantitative estimate of drug-likeness (QED) is 0.862. The van der Waals surface area contributed by atoms with Gasteiger partial charge in [-0.05, 0) is 57.0 Å². The largest absolute Gasteiger partial charge is 0.388 e. The van der Waals surface area contributed by atoms with Crippen molar-refractivity contribution in [2.45, 2.75) is 38.5 Å². The van der Waals surface area contributed by atoms with Crippen LogP contribution in [-0.4, -0.2) is 56.9 Å². The van der Waals surface area contributed by atoms with E-state index < -0.39 is 0 Å². The van der Waals surface area contributed by atoms with Crippen LogP contribution in [-0.2, 0) is 26.7 Å². The lowest BCUT2D eigenvalue weighted by atomic mass is 9.96. The topological polar surface area (TPSA) is 57.4 Å². The van der Waals surface area contributed by atoms with Gasteiger partial charge in [0.15, 0.2) is 5.82 Å². The van der Waals surface area contributed by atoms with Gasteiger partial charge in [-0.1, -0.05) is 0 Å². The van der Waals surface area contributed by atoms with Gasteiger partial charge in [0.1, 0.15) is 12.4 Å². The van der Waals surface area contributed by atoms with E-state index in [2.05, 4.69) is 45.5 Å². The molecule has 1 aliphatic rings. The average molecular weight is 350 g/mol. The first-order chi connectivity index (χ1) is 11.6. The molecule has 0 radical (unpaired) electrons. The molecule has 2 aromatic heterocycles. The smallest absolute Gasteiger partial charge is 0.158 e. The van der Waals surface area contributed by atoms with Crippen molar-refractivity contribution in [1.29, 1.82) is 0 Å². The molecule has 1 aliphatic heterocycles. The number of hydrogen-bond donors (Lipinski definition) is 1. The number of piperidine rings is 1. The molecule has 1 N–H and O–H groups in total. The van der Waals surface area contributed by atoms with Gasteiger partial charge in [-0.15, -0.1) is 21.5 Å². The third-order valence-electron chi connectivity index (χ3n) is 4.68. The van der Waals surface area contributed by atoms with Crippen molar-refractivity contribution in [2.75, 3.05) is 27.2 Å². The Hall–Kier alpha value is -1.28. The zero-order valence-corrected chi connectivity index (χ0v) is 15.6. The third-order valence-corrected chi connectivity index (χ3v) is 5.65. The second-order valence-electron chi connectivity index (χ2n) is 6.90. The van der Waals surface area contributed by atoms with Crippen molar-refractivity contribution in [3.8, 4) is 0 Å². The number of aliphatic hydroxyl groups is 1. The van der Waals surface area contributed by atoms with Gasteiger partial charge in [0.2, 0.25) is 0 Å². The van der Waals surface area contributed by atoms with Crippen molar-refractivity contribution in [3.63, 3.8) is 0 Å². The summed E-state index contributed by atoms with van der Waals surface area (Å²) in [6.07, 6.45) is 2.21. The van der Waals surface area contributed by atoms with Gasteiger partial charge < -0.3 is 14.6 Å². The molecule has 0 aromatic carbocycles. The van der Waals surface area contributed by atoms with E-state index >= 15 is 0 Å². The SMILES string of the molecule is CN(C)Cc1csc(CN2CCC(c3nnc(CO)n3C)CC2)c1. The minimum Gasteiger partial charge on any atom is -0.388 e. The Balaban J connectivity index is 1.53. The van der Waals surface area contributed by atoms with Crippen LogP contribution in [0.25, 0.3) is 0 Å². The lowest BCUT2D eigenvalue weighted by molar-refractivity contribution is 0.201. The second-order valence-corrected chi connectivity index (χ2v) is 7.90. The van der Waals surface area contributed by atoms with Gasteiger partial charge in [-0.2, -0.15) is 0 Å². The van der Waals surface area contributed by atoms with Crippen LogP contribution in [0.2, 0.25) is 0 Å². The monoisotopic (exact) mass is 349 g/mol. The molecule has 6 nitrogen and oxygen atoms in total. The predicted octanol–water partition coefficient (Wildman–Crippen LogP) is 1.81. The highest BCUT2D eigenvalue weighted by molar-refractivity contribution is 7.10. The Morgan fingerprint density at radius 3 is 2.67 bits per heavy atom. The van der Waals surface area contributed by atoms with Crippen molar-refractivity contribution in [2.24, 2.45) is 7.05 Å². The highest BCUT2D eigenvalue weighted by Gasteiger charge is 2.25. The molecular weight excluding hydrogens is 322 g/mol. The molecular formula is C17H27N5OS. The summed E-state index contributed by atoms with van der Waals surface area (Å²) in [7, 11) is 6.17. The van der Waals surface area contributed by atoms with Gasteiger partial charge in [0, 0.05) is 30.9 Å². The van der Waals surface area contributed by atoms with Gasteiger partial charge in [0.25, 0.3) is 0 Å². The molecule has 0 unspecified atom stereocenters. The highest BCUT2D eigenvalue weighted by atomic mass is 32.1. The van der Waals surface area contributed by atoms with E-state index in [9.17, 15) is 5.11 Å². The normalized spacial score (nSPS) is 17.0. The predicted molar refractivity (Wildman–Crippen MR) is 95.9 cm³/mol. The summed E-state index contributed by atoms with van der Waals surface area (Å²) in [5, 5.41) is 19.9. The lowest BCUT2D eigenvalue weighted by Gasteiger charge is -2.31. The van der Waals surface area contributed by atoms with E-state index in [4.69, 9.17) is 0 Å². The highest BCUT2D eigenvalue weighted by Crippen LogP contribution is 2.28. The molecule has 1 saturated heterocycles. The number of aromatic nitrogens is 3. The van der Waals surface area contributed by atoms with Crippen molar-refractivity contribution < 1.29 is 5.11 Å². The Morgan fingerprint density at radius 2 is 2.04 bits per heavy atom. The molecule has 0 amide bonds. The summed E-state index contributed by atoms with van der Waals surface area (Å²) >= 11 is 1.87. The van der Waals surface area contributed by atoms with Crippen molar-refractivity contribution in [1.82, 2.24) is 24.6 Å². The fraction of sp³-hybridized carbons (Fsp3) is 0.647. The van der Waals surface area contributed by atoms with Crippen LogP contribution in [0.1, 0.15) is 40.8 Å². The van der Waals surface area contributed by atoms with Crippen LogP contribution < -0.4 is 0 Å². The Bertz CT molecular complexity index is 658. The fourth-order valence-electron chi connectivity index (χ4n) is 3.40. The summed E-state index contributed by atoms with van der Waals surface area (Å²) in [6, 6.07) is 2.34. The molecule has 3 rings (SSSR count). The van der Waals surface area contributed by atoms with E-state index in [0.29, 0.717) is 11.7 Å². The molecule has 24 heavy (non-hydrogen) atoms. The minimum atomic E-state index is -0.0456. The molecule has 0 aliphatic carbocycles. The fourth-order valence-corrected chi connectivity index (χ4v) is 4.32. The van der Waals surface area contributed by atoms with Crippen molar-refractivity contribution >= 4 is 11.3 Å². The van der Waals surface area contributed by atoms with Crippen molar-refractivity contribution in [3.05, 3.63) is 33.5 Å². The van der Waals surface area contributed by atoms with Crippen LogP contribution in [0.3, 0.4) is 0 Å². The molecule has 0 atom stereocenters. The maximum atomic E-state index is 9.26. The molecule has 0 bridgehead atoms. The van der Waals surface area contributed by atoms with E-state index in [-0.39, 0.29) is 6.61 Å². The summed E-state index contributed by atoms with van der Waals surface area (Å²) in [6.45, 7) is 4.19. The maximum absolute atomic E-state index is 9.26. The Morgan fingerprint density at radius 1 is 1.29 bits per heavy atom. The summed E-state index contributed by atoms with van der Waals surface area (Å²) in [5.74, 6) is 2.12. The first-order valence-corrected chi connectivity index (χ1v) is 9.37. The van der Waals surface area contributed by atoms with E-state index in [1.165, 1.54) is 10.4 Å². The summed E-state index contributed by atoms with van der Waals surface area (Å²) in [4.78, 5) is 6.19. The van der Waals surface area contributed by atoms with E-state index in [1.54, 1.807) is 0 Å². The van der Waals surface area contributed by atoms with Gasteiger partial charge in [-0.25, -0.2) is 0 Å². The number of nitrogens with zero attached hydrogens (tertiary/aromatic N) is 5. The van der Waals surface area contributed by atoms with Crippen LogP contribution >= 0.6 is 11.3 Å². The molecule has 0 spiro atoms. The maximum Gasteiger partial charge on any atom is 0.158 e. The van der Waals surface area contributed by atoms with Gasteiger partial charge >= 0.3 is 0 Å². The average Bonchev–Trinajstić information content (AvgIpc) is 3.14. The zero-order chi connectivity index (χ0) is 17.1. The Kier molecular flexibility index (Phi) is 5.65. The first kappa shape index (κ1) is 17.5. The van der Waals surface area contributed by atoms with Crippen LogP contribution in [0.4, 0.5) is 0 Å². The standard InChI is InChI=1S/C17H27N5OS/c1-20(2)9-13-8-15(24-12-13)10-22-6-4-14(5-7-22)17-19-18-16(11-23)21(17)3/h8,12,14,23H,4-7,9-11H2,1-3H3. The van der Waals surface area contributed by atoms with E-state index in [0.717, 1.165) is 44.8 Å². The summed E-state index contributed by atoms with van der Waals surface area (Å²) in [5.41, 5.74) is 1.41. The third kappa shape index (κ3) is 4.03. The second kappa shape index (κ2) is 7.74. The number of hydrogen-bond acceptors (Lipinski definition) is 6. The van der Waals surface area contributed by atoms with E-state index in [1.807, 2.05) is 23.0 Å². The molecule has 7 heteroatoms. The van der Waals surface area contributed by atoms with Crippen LogP contribution in [0.5, 0.6) is 0 Å². The first-order valence-electron chi connectivity index (χ1n) is 8.49.